The van der Waals surface area contributed by atoms with Crippen molar-refractivity contribution < 1.29 is 19.8 Å². The van der Waals surface area contributed by atoms with Gasteiger partial charge in [0.15, 0.2) is 0 Å². The summed E-state index contributed by atoms with van der Waals surface area (Å²) in [7, 11) is 0. The van der Waals surface area contributed by atoms with Crippen LogP contribution in [0.1, 0.15) is 12.0 Å². The average Bonchev–Trinajstić information content (AvgIpc) is 2.33. The highest BCUT2D eigenvalue weighted by Gasteiger charge is 2.20. The molecule has 1 rings (SSSR count). The Bertz CT molecular complexity index is 479. The largest absolute Gasteiger partial charge is 0.465 e. The van der Waals surface area contributed by atoms with Crippen LogP contribution in [-0.2, 0) is 4.79 Å². The molecule has 0 aromatic heterocycles. The van der Waals surface area contributed by atoms with E-state index in [1.54, 1.807) is 25.1 Å². The van der Waals surface area contributed by atoms with E-state index >= 15 is 0 Å². The second kappa shape index (κ2) is 6.96. The molecule has 7 heteroatoms. The number of nitrogens with one attached hydrogen (secondary N) is 2. The van der Waals surface area contributed by atoms with Gasteiger partial charge < -0.3 is 20.8 Å². The Labute approximate surface area is 115 Å². The normalized spacial score (nSPS) is 11.7. The minimum absolute atomic E-state index is 0.00467. The lowest BCUT2D eigenvalue weighted by molar-refractivity contribution is -0.118. The molecule has 19 heavy (non-hydrogen) atoms. The topological polar surface area (TPSA) is 98.7 Å². The van der Waals surface area contributed by atoms with Gasteiger partial charge in [-0.05, 0) is 37.1 Å². The Balaban J connectivity index is 2.74. The molecule has 0 saturated heterocycles. The van der Waals surface area contributed by atoms with E-state index in [4.69, 9.17) is 21.8 Å². The van der Waals surface area contributed by atoms with Crippen molar-refractivity contribution in [2.45, 2.75) is 19.4 Å². The first kappa shape index (κ1) is 15.3. The number of amides is 2. The number of carbonyl (C=O) groups is 2. The van der Waals surface area contributed by atoms with Gasteiger partial charge in [0.05, 0.1) is 0 Å². The van der Waals surface area contributed by atoms with Gasteiger partial charge in [-0.25, -0.2) is 4.79 Å². The van der Waals surface area contributed by atoms with E-state index in [1.807, 2.05) is 5.32 Å². The zero-order valence-electron chi connectivity index (χ0n) is 10.3. The molecule has 104 valence electrons. The van der Waals surface area contributed by atoms with Crippen molar-refractivity contribution in [2.24, 2.45) is 0 Å². The van der Waals surface area contributed by atoms with Crippen LogP contribution in [-0.4, -0.2) is 34.9 Å². The Morgan fingerprint density at radius 3 is 2.63 bits per heavy atom. The van der Waals surface area contributed by atoms with Crippen LogP contribution in [0.4, 0.5) is 10.5 Å². The van der Waals surface area contributed by atoms with Crippen molar-refractivity contribution >= 4 is 29.3 Å². The third kappa shape index (κ3) is 4.76. The number of aryl methyl sites for hydroxylation is 1. The van der Waals surface area contributed by atoms with Crippen LogP contribution < -0.4 is 10.6 Å². The van der Waals surface area contributed by atoms with Gasteiger partial charge in [-0.3, -0.25) is 4.79 Å². The van der Waals surface area contributed by atoms with Gasteiger partial charge in [-0.15, -0.1) is 0 Å². The van der Waals surface area contributed by atoms with Crippen molar-refractivity contribution in [3.05, 3.63) is 28.8 Å². The molecule has 0 aliphatic carbocycles. The lowest BCUT2D eigenvalue weighted by atomic mass is 10.1. The molecule has 2 amide bonds. The molecule has 1 aromatic carbocycles. The predicted molar refractivity (Wildman–Crippen MR) is 71.5 cm³/mol. The van der Waals surface area contributed by atoms with Crippen LogP contribution in [0.5, 0.6) is 0 Å². The number of hydrogen-bond acceptors (Lipinski definition) is 3. The van der Waals surface area contributed by atoms with Crippen molar-refractivity contribution in [1.29, 1.82) is 0 Å². The second-order valence-electron chi connectivity index (χ2n) is 3.97. The van der Waals surface area contributed by atoms with Gasteiger partial charge in [0.25, 0.3) is 0 Å². The summed E-state index contributed by atoms with van der Waals surface area (Å²) >= 11 is 5.86. The quantitative estimate of drug-likeness (QED) is 0.661. The number of rotatable bonds is 5. The molecule has 0 aliphatic heterocycles. The van der Waals surface area contributed by atoms with Gasteiger partial charge in [-0.2, -0.15) is 0 Å². The molecule has 0 aliphatic rings. The van der Waals surface area contributed by atoms with Crippen LogP contribution in [0, 0.1) is 6.92 Å². The Hall–Kier alpha value is -1.79. The number of halogens is 1. The number of benzene rings is 1. The van der Waals surface area contributed by atoms with Crippen molar-refractivity contribution in [3.63, 3.8) is 0 Å². The molecule has 0 radical (unpaired) electrons. The predicted octanol–water partition coefficient (Wildman–Crippen LogP) is 1.61. The SMILES string of the molecule is Cc1cc(NC(=O)C(CCO)NC(=O)O)ccc1Cl. The first-order chi connectivity index (χ1) is 8.93. The number of aliphatic hydroxyl groups is 1. The lowest BCUT2D eigenvalue weighted by Crippen LogP contribution is -2.43. The zero-order valence-corrected chi connectivity index (χ0v) is 11.1. The first-order valence-corrected chi connectivity index (χ1v) is 5.99. The molecule has 0 fully saturated rings. The van der Waals surface area contributed by atoms with Crippen LogP contribution in [0.2, 0.25) is 5.02 Å². The molecule has 0 spiro atoms. The summed E-state index contributed by atoms with van der Waals surface area (Å²) in [5.74, 6) is -0.529. The van der Waals surface area contributed by atoms with Crippen molar-refractivity contribution in [2.75, 3.05) is 11.9 Å². The number of carbonyl (C=O) groups excluding carboxylic acids is 1. The van der Waals surface area contributed by atoms with E-state index in [1.165, 1.54) is 0 Å². The summed E-state index contributed by atoms with van der Waals surface area (Å²) in [4.78, 5) is 22.4. The summed E-state index contributed by atoms with van der Waals surface area (Å²) in [5.41, 5.74) is 1.31. The highest BCUT2D eigenvalue weighted by Crippen LogP contribution is 2.19. The van der Waals surface area contributed by atoms with Crippen LogP contribution in [0.15, 0.2) is 18.2 Å². The third-order valence-electron chi connectivity index (χ3n) is 2.46. The standard InChI is InChI=1S/C12H15ClN2O4/c1-7-6-8(2-3-9(7)13)14-11(17)10(4-5-16)15-12(18)19/h2-3,6,10,15-16H,4-5H2,1H3,(H,14,17)(H,18,19). The molecule has 1 aromatic rings. The fourth-order valence-electron chi connectivity index (χ4n) is 1.50. The van der Waals surface area contributed by atoms with Crippen LogP contribution in [0.3, 0.4) is 0 Å². The first-order valence-electron chi connectivity index (χ1n) is 5.61. The van der Waals surface area contributed by atoms with E-state index in [0.29, 0.717) is 10.7 Å². The molecule has 6 nitrogen and oxygen atoms in total. The Morgan fingerprint density at radius 2 is 2.11 bits per heavy atom. The van der Waals surface area contributed by atoms with Gasteiger partial charge >= 0.3 is 6.09 Å². The highest BCUT2D eigenvalue weighted by atomic mass is 35.5. The van der Waals surface area contributed by atoms with E-state index < -0.39 is 18.0 Å². The van der Waals surface area contributed by atoms with Gasteiger partial charge in [-0.1, -0.05) is 11.6 Å². The summed E-state index contributed by atoms with van der Waals surface area (Å²) < 4.78 is 0. The van der Waals surface area contributed by atoms with Crippen molar-refractivity contribution in [3.8, 4) is 0 Å². The number of hydrogen-bond donors (Lipinski definition) is 4. The van der Waals surface area contributed by atoms with E-state index in [-0.39, 0.29) is 13.0 Å². The summed E-state index contributed by atoms with van der Waals surface area (Å²) in [5, 5.41) is 22.6. The average molecular weight is 287 g/mol. The zero-order chi connectivity index (χ0) is 14.4. The van der Waals surface area contributed by atoms with Gasteiger partial charge in [0.2, 0.25) is 5.91 Å². The highest BCUT2D eigenvalue weighted by molar-refractivity contribution is 6.31. The van der Waals surface area contributed by atoms with Crippen molar-refractivity contribution in [1.82, 2.24) is 5.32 Å². The van der Waals surface area contributed by atoms with Crippen LogP contribution >= 0.6 is 11.6 Å². The Kier molecular flexibility index (Phi) is 5.59. The number of anilines is 1. The van der Waals surface area contributed by atoms with E-state index in [2.05, 4.69) is 5.32 Å². The van der Waals surface area contributed by atoms with Gasteiger partial charge in [0.1, 0.15) is 6.04 Å². The molecular formula is C12H15ClN2O4. The van der Waals surface area contributed by atoms with E-state index in [0.717, 1.165) is 5.56 Å². The summed E-state index contributed by atoms with van der Waals surface area (Å²) in [6, 6.07) is 3.93. The number of aliphatic hydroxyl groups excluding tert-OH is 1. The molecule has 1 unspecified atom stereocenters. The molecule has 0 bridgehead atoms. The molecule has 0 heterocycles. The Morgan fingerprint density at radius 1 is 1.42 bits per heavy atom. The lowest BCUT2D eigenvalue weighted by Gasteiger charge is -2.16. The molecule has 1 atom stereocenters. The molecule has 4 N–H and O–H groups in total. The van der Waals surface area contributed by atoms with Crippen LogP contribution in [0.25, 0.3) is 0 Å². The monoisotopic (exact) mass is 286 g/mol. The minimum Gasteiger partial charge on any atom is -0.465 e. The minimum atomic E-state index is -1.32. The summed E-state index contributed by atoms with van der Waals surface area (Å²) in [6.07, 6.45) is -1.31. The second-order valence-corrected chi connectivity index (χ2v) is 4.37. The third-order valence-corrected chi connectivity index (χ3v) is 2.88. The van der Waals surface area contributed by atoms with E-state index in [9.17, 15) is 9.59 Å². The fraction of sp³-hybridized carbons (Fsp3) is 0.333. The van der Waals surface area contributed by atoms with Gasteiger partial charge in [0, 0.05) is 17.3 Å². The number of carboxylic acid groups (broad SMARTS) is 1. The maximum atomic E-state index is 11.9. The maximum absolute atomic E-state index is 11.9. The molecule has 0 saturated carbocycles. The molecular weight excluding hydrogens is 272 g/mol. The summed E-state index contributed by atoms with van der Waals surface area (Å²) in [6.45, 7) is 1.50. The fourth-order valence-corrected chi connectivity index (χ4v) is 1.62. The maximum Gasteiger partial charge on any atom is 0.405 e. The smallest absolute Gasteiger partial charge is 0.405 e.